The fourth-order valence-electron chi connectivity index (χ4n) is 1.53. The van der Waals surface area contributed by atoms with Gasteiger partial charge in [0, 0.05) is 12.6 Å². The van der Waals surface area contributed by atoms with Crippen LogP contribution < -0.4 is 10.6 Å². The molecule has 18 heavy (non-hydrogen) atoms. The van der Waals surface area contributed by atoms with Crippen molar-refractivity contribution in [1.29, 1.82) is 0 Å². The van der Waals surface area contributed by atoms with E-state index in [-0.39, 0.29) is 11.5 Å². The van der Waals surface area contributed by atoms with Crippen LogP contribution in [0.15, 0.2) is 42.6 Å². The van der Waals surface area contributed by atoms with E-state index in [2.05, 4.69) is 4.98 Å². The Morgan fingerprint density at radius 2 is 2.11 bits per heavy atom. The van der Waals surface area contributed by atoms with Crippen LogP contribution in [0.5, 0.6) is 0 Å². The molecular formula is C13H12FN3O. The number of amides is 1. The van der Waals surface area contributed by atoms with E-state index in [1.54, 1.807) is 25.2 Å². The van der Waals surface area contributed by atoms with Crippen molar-refractivity contribution in [3.8, 4) is 0 Å². The Labute approximate surface area is 104 Å². The zero-order valence-corrected chi connectivity index (χ0v) is 9.80. The Bertz CT molecular complexity index is 569. The van der Waals surface area contributed by atoms with Gasteiger partial charge in [0.05, 0.1) is 11.9 Å². The molecule has 4 nitrogen and oxygen atoms in total. The molecule has 0 spiro atoms. The number of anilines is 2. The van der Waals surface area contributed by atoms with E-state index in [0.717, 1.165) is 0 Å². The van der Waals surface area contributed by atoms with Crippen LogP contribution in [0.1, 0.15) is 10.4 Å². The van der Waals surface area contributed by atoms with Crippen molar-refractivity contribution in [2.45, 2.75) is 0 Å². The summed E-state index contributed by atoms with van der Waals surface area (Å²) in [6.07, 6.45) is 1.49. The average molecular weight is 245 g/mol. The summed E-state index contributed by atoms with van der Waals surface area (Å²) in [7, 11) is 1.60. The van der Waals surface area contributed by atoms with Crippen LogP contribution in [0.4, 0.5) is 15.9 Å². The lowest BCUT2D eigenvalue weighted by Crippen LogP contribution is -2.26. The predicted molar refractivity (Wildman–Crippen MR) is 67.8 cm³/mol. The number of nitrogens with zero attached hydrogens (tertiary/aromatic N) is 2. The van der Waals surface area contributed by atoms with Gasteiger partial charge < -0.3 is 10.6 Å². The smallest absolute Gasteiger partial charge is 0.258 e. The third kappa shape index (κ3) is 2.45. The van der Waals surface area contributed by atoms with E-state index in [1.165, 1.54) is 29.3 Å². The summed E-state index contributed by atoms with van der Waals surface area (Å²) in [6, 6.07) is 8.83. The second kappa shape index (κ2) is 4.83. The lowest BCUT2D eigenvalue weighted by Gasteiger charge is -2.17. The lowest BCUT2D eigenvalue weighted by molar-refractivity contribution is 0.0992. The molecule has 0 aliphatic rings. The normalized spacial score (nSPS) is 10.1. The third-order valence-corrected chi connectivity index (χ3v) is 2.53. The largest absolute Gasteiger partial charge is 0.384 e. The molecule has 5 heteroatoms. The maximum Gasteiger partial charge on any atom is 0.258 e. The van der Waals surface area contributed by atoms with Gasteiger partial charge in [0.1, 0.15) is 11.6 Å². The van der Waals surface area contributed by atoms with Crippen molar-refractivity contribution in [2.24, 2.45) is 0 Å². The van der Waals surface area contributed by atoms with Crippen LogP contribution in [0, 0.1) is 5.82 Å². The molecule has 0 unspecified atom stereocenters. The van der Waals surface area contributed by atoms with Crippen LogP contribution in [0.3, 0.4) is 0 Å². The van der Waals surface area contributed by atoms with Crippen molar-refractivity contribution in [3.05, 3.63) is 54.0 Å². The topological polar surface area (TPSA) is 59.2 Å². The molecule has 2 aromatic rings. The SMILES string of the molecule is CN(C(=O)c1cccc(F)c1)c1ccc(N)nc1. The number of aromatic nitrogens is 1. The fraction of sp³-hybridized carbons (Fsp3) is 0.0769. The van der Waals surface area contributed by atoms with Crippen molar-refractivity contribution in [3.63, 3.8) is 0 Å². The minimum atomic E-state index is -0.440. The van der Waals surface area contributed by atoms with E-state index >= 15 is 0 Å². The minimum Gasteiger partial charge on any atom is -0.384 e. The summed E-state index contributed by atoms with van der Waals surface area (Å²) in [5.41, 5.74) is 6.35. The molecule has 1 aromatic heterocycles. The van der Waals surface area contributed by atoms with Crippen molar-refractivity contribution < 1.29 is 9.18 Å². The first-order valence-electron chi connectivity index (χ1n) is 5.33. The molecule has 0 bridgehead atoms. The molecular weight excluding hydrogens is 233 g/mol. The van der Waals surface area contributed by atoms with Gasteiger partial charge in [-0.1, -0.05) is 6.07 Å². The summed E-state index contributed by atoms with van der Waals surface area (Å²) in [6.45, 7) is 0. The molecule has 0 radical (unpaired) electrons. The molecule has 1 amide bonds. The molecule has 1 aromatic carbocycles. The van der Waals surface area contributed by atoms with E-state index < -0.39 is 5.82 Å². The Morgan fingerprint density at radius 1 is 1.33 bits per heavy atom. The second-order valence-corrected chi connectivity index (χ2v) is 3.82. The van der Waals surface area contributed by atoms with Gasteiger partial charge in [-0.2, -0.15) is 0 Å². The molecule has 1 heterocycles. The van der Waals surface area contributed by atoms with Crippen molar-refractivity contribution in [1.82, 2.24) is 4.98 Å². The van der Waals surface area contributed by atoms with Crippen molar-refractivity contribution >= 4 is 17.4 Å². The van der Waals surface area contributed by atoms with Gasteiger partial charge in [-0.05, 0) is 30.3 Å². The average Bonchev–Trinajstić information content (AvgIpc) is 2.38. The number of nitrogens with two attached hydrogens (primary N) is 1. The van der Waals surface area contributed by atoms with Gasteiger partial charge in [-0.25, -0.2) is 9.37 Å². The van der Waals surface area contributed by atoms with Gasteiger partial charge in [-0.3, -0.25) is 4.79 Å². The molecule has 0 aliphatic carbocycles. The molecule has 0 atom stereocenters. The van der Waals surface area contributed by atoms with Crippen LogP contribution >= 0.6 is 0 Å². The highest BCUT2D eigenvalue weighted by molar-refractivity contribution is 6.05. The monoisotopic (exact) mass is 245 g/mol. The van der Waals surface area contributed by atoms with E-state index in [9.17, 15) is 9.18 Å². The number of carbonyl (C=O) groups excluding carboxylic acids is 1. The van der Waals surface area contributed by atoms with Gasteiger partial charge in [0.25, 0.3) is 5.91 Å². The van der Waals surface area contributed by atoms with E-state index in [0.29, 0.717) is 11.5 Å². The third-order valence-electron chi connectivity index (χ3n) is 2.53. The molecule has 0 fully saturated rings. The first kappa shape index (κ1) is 12.0. The molecule has 0 saturated carbocycles. The molecule has 0 saturated heterocycles. The Hall–Kier alpha value is -2.43. The number of halogens is 1. The summed E-state index contributed by atoms with van der Waals surface area (Å²) in [4.78, 5) is 17.4. The summed E-state index contributed by atoms with van der Waals surface area (Å²) < 4.78 is 13.0. The zero-order valence-electron chi connectivity index (χ0n) is 9.80. The molecule has 2 N–H and O–H groups in total. The minimum absolute atomic E-state index is 0.286. The number of carbonyl (C=O) groups is 1. The fourth-order valence-corrected chi connectivity index (χ4v) is 1.53. The zero-order chi connectivity index (χ0) is 13.1. The molecule has 2 rings (SSSR count). The summed E-state index contributed by atoms with van der Waals surface area (Å²) in [5.74, 6) is -0.365. The van der Waals surface area contributed by atoms with E-state index in [4.69, 9.17) is 5.73 Å². The number of benzene rings is 1. The standard InChI is InChI=1S/C13H12FN3O/c1-17(11-5-6-12(15)16-8-11)13(18)9-3-2-4-10(14)7-9/h2-8H,1H3,(H2,15,16). The highest BCUT2D eigenvalue weighted by Gasteiger charge is 2.14. The maximum absolute atomic E-state index is 13.0. The number of nitrogen functional groups attached to an aromatic ring is 1. The first-order valence-corrected chi connectivity index (χ1v) is 5.33. The van der Waals surface area contributed by atoms with Crippen LogP contribution in [-0.2, 0) is 0 Å². The molecule has 92 valence electrons. The van der Waals surface area contributed by atoms with Crippen LogP contribution in [0.2, 0.25) is 0 Å². The molecule has 0 aliphatic heterocycles. The Morgan fingerprint density at radius 3 is 2.72 bits per heavy atom. The highest BCUT2D eigenvalue weighted by Crippen LogP contribution is 2.15. The van der Waals surface area contributed by atoms with Gasteiger partial charge in [0.15, 0.2) is 0 Å². The second-order valence-electron chi connectivity index (χ2n) is 3.82. The quantitative estimate of drug-likeness (QED) is 0.881. The van der Waals surface area contributed by atoms with E-state index in [1.807, 2.05) is 0 Å². The van der Waals surface area contributed by atoms with Crippen molar-refractivity contribution in [2.75, 3.05) is 17.7 Å². The summed E-state index contributed by atoms with van der Waals surface area (Å²) >= 11 is 0. The number of rotatable bonds is 2. The lowest BCUT2D eigenvalue weighted by atomic mass is 10.2. The number of pyridine rings is 1. The summed E-state index contributed by atoms with van der Waals surface area (Å²) in [5, 5.41) is 0. The van der Waals surface area contributed by atoms with Crippen LogP contribution in [-0.4, -0.2) is 17.9 Å². The maximum atomic E-state index is 13.0. The highest BCUT2D eigenvalue weighted by atomic mass is 19.1. The van der Waals surface area contributed by atoms with Crippen LogP contribution in [0.25, 0.3) is 0 Å². The van der Waals surface area contributed by atoms with Gasteiger partial charge in [-0.15, -0.1) is 0 Å². The number of hydrogen-bond donors (Lipinski definition) is 1. The first-order chi connectivity index (χ1) is 8.58. The van der Waals surface area contributed by atoms with Gasteiger partial charge in [0.2, 0.25) is 0 Å². The Kier molecular flexibility index (Phi) is 3.23. The van der Waals surface area contributed by atoms with Gasteiger partial charge >= 0.3 is 0 Å². The predicted octanol–water partition coefficient (Wildman–Crippen LogP) is 2.08. The number of hydrogen-bond acceptors (Lipinski definition) is 3. The Balaban J connectivity index is 2.26.